The largest absolute Gasteiger partial charge is 0.396 e. The highest BCUT2D eigenvalue weighted by Crippen LogP contribution is 2.37. The molecule has 0 amide bonds. The van der Waals surface area contributed by atoms with Crippen molar-refractivity contribution < 1.29 is 15.0 Å². The smallest absolute Gasteiger partial charge is 0.299 e. The average Bonchev–Trinajstić information content (AvgIpc) is 2.49. The van der Waals surface area contributed by atoms with E-state index in [0.29, 0.717) is 12.1 Å². The lowest BCUT2D eigenvalue weighted by atomic mass is 10.1. The quantitative estimate of drug-likeness (QED) is 0.615. The fraction of sp³-hybridized carbons (Fsp3) is 0.143. The number of aliphatic hydroxyl groups excluding tert-OH is 1. The molecular formula is C14H12ClN3O5. The first-order valence-electron chi connectivity index (χ1n) is 6.51. The highest BCUT2D eigenvalue weighted by Gasteiger charge is 2.23. The maximum absolute atomic E-state index is 11.1. The van der Waals surface area contributed by atoms with E-state index in [9.17, 15) is 20.2 Å². The zero-order chi connectivity index (χ0) is 17.0. The van der Waals surface area contributed by atoms with Crippen LogP contribution >= 0.6 is 11.6 Å². The van der Waals surface area contributed by atoms with Crippen LogP contribution in [0.3, 0.4) is 0 Å². The van der Waals surface area contributed by atoms with Crippen molar-refractivity contribution in [1.29, 1.82) is 0 Å². The van der Waals surface area contributed by atoms with Crippen LogP contribution in [0.5, 0.6) is 0 Å². The summed E-state index contributed by atoms with van der Waals surface area (Å²) in [5, 5.41) is 33.4. The molecule has 2 aromatic rings. The highest BCUT2D eigenvalue weighted by atomic mass is 35.5. The number of nitrogens with one attached hydrogen (secondary N) is 1. The van der Waals surface area contributed by atoms with Crippen LogP contribution in [0.2, 0.25) is 5.02 Å². The van der Waals surface area contributed by atoms with Crippen LogP contribution in [0, 0.1) is 20.2 Å². The van der Waals surface area contributed by atoms with Gasteiger partial charge in [0.05, 0.1) is 15.9 Å². The minimum atomic E-state index is -0.775. The molecule has 0 radical (unpaired) electrons. The maximum Gasteiger partial charge on any atom is 0.299 e. The van der Waals surface area contributed by atoms with Gasteiger partial charge in [0.2, 0.25) is 0 Å². The van der Waals surface area contributed by atoms with Gasteiger partial charge in [0.25, 0.3) is 11.4 Å². The van der Waals surface area contributed by atoms with Crippen molar-refractivity contribution in [2.75, 3.05) is 11.9 Å². The standard InChI is InChI=1S/C14H12ClN3O5/c15-11-7-12(14(18(22)23)8-13(11)17(20)21)16-10-3-1-9(2-4-10)5-6-19/h1-4,7-8,16,19H,5-6H2. The first kappa shape index (κ1) is 16.7. The summed E-state index contributed by atoms with van der Waals surface area (Å²) in [6, 6.07) is 8.87. The third kappa shape index (κ3) is 3.93. The molecule has 0 aliphatic rings. The van der Waals surface area contributed by atoms with Gasteiger partial charge in [-0.1, -0.05) is 23.7 Å². The minimum absolute atomic E-state index is 0.0240. The number of anilines is 2. The summed E-state index contributed by atoms with van der Waals surface area (Å²) in [4.78, 5) is 20.4. The summed E-state index contributed by atoms with van der Waals surface area (Å²) in [7, 11) is 0. The predicted octanol–water partition coefficient (Wildman–Crippen LogP) is 3.43. The molecule has 0 aliphatic heterocycles. The van der Waals surface area contributed by atoms with Gasteiger partial charge in [-0.15, -0.1) is 0 Å². The molecule has 8 nitrogen and oxygen atoms in total. The molecule has 2 aromatic carbocycles. The van der Waals surface area contributed by atoms with Crippen LogP contribution < -0.4 is 5.32 Å². The molecule has 0 fully saturated rings. The van der Waals surface area contributed by atoms with Crippen LogP contribution in [0.25, 0.3) is 0 Å². The van der Waals surface area contributed by atoms with Crippen LogP contribution in [0.4, 0.5) is 22.7 Å². The van der Waals surface area contributed by atoms with Crippen molar-refractivity contribution in [3.63, 3.8) is 0 Å². The Bertz CT molecular complexity index is 749. The van der Waals surface area contributed by atoms with Crippen molar-refractivity contribution >= 4 is 34.4 Å². The van der Waals surface area contributed by atoms with Gasteiger partial charge in [0, 0.05) is 12.3 Å². The summed E-state index contributed by atoms with van der Waals surface area (Å²) in [6.45, 7) is 0.0240. The molecule has 0 unspecified atom stereocenters. The number of hydrogen-bond acceptors (Lipinski definition) is 6. The number of rotatable bonds is 6. The third-order valence-corrected chi connectivity index (χ3v) is 3.39. The molecule has 0 spiro atoms. The number of nitro benzene ring substituents is 2. The highest BCUT2D eigenvalue weighted by molar-refractivity contribution is 6.33. The summed E-state index contributed by atoms with van der Waals surface area (Å²) in [5.41, 5.74) is 0.553. The van der Waals surface area contributed by atoms with Gasteiger partial charge < -0.3 is 10.4 Å². The zero-order valence-electron chi connectivity index (χ0n) is 11.7. The van der Waals surface area contributed by atoms with Gasteiger partial charge in [0.1, 0.15) is 10.7 Å². The molecule has 0 atom stereocenters. The topological polar surface area (TPSA) is 119 Å². The molecule has 0 aromatic heterocycles. The van der Waals surface area contributed by atoms with Crippen molar-refractivity contribution in [3.05, 3.63) is 67.2 Å². The molecule has 0 aliphatic carbocycles. The van der Waals surface area contributed by atoms with E-state index in [4.69, 9.17) is 16.7 Å². The van der Waals surface area contributed by atoms with E-state index in [1.54, 1.807) is 24.3 Å². The SMILES string of the molecule is O=[N+]([O-])c1cc([N+](=O)[O-])c(Nc2ccc(CCO)cc2)cc1Cl. The number of nitrogens with zero attached hydrogens (tertiary/aromatic N) is 2. The summed E-state index contributed by atoms with van der Waals surface area (Å²) < 4.78 is 0. The summed E-state index contributed by atoms with van der Waals surface area (Å²) >= 11 is 5.80. The molecule has 0 heterocycles. The lowest BCUT2D eigenvalue weighted by Crippen LogP contribution is -2.00. The fourth-order valence-electron chi connectivity index (χ4n) is 1.98. The van der Waals surface area contributed by atoms with E-state index in [0.717, 1.165) is 17.7 Å². The number of halogens is 1. The molecule has 2 rings (SSSR count). The van der Waals surface area contributed by atoms with E-state index in [1.807, 2.05) is 0 Å². The monoisotopic (exact) mass is 337 g/mol. The van der Waals surface area contributed by atoms with Gasteiger partial charge in [0.15, 0.2) is 0 Å². The van der Waals surface area contributed by atoms with Crippen molar-refractivity contribution in [1.82, 2.24) is 0 Å². The van der Waals surface area contributed by atoms with Gasteiger partial charge in [-0.3, -0.25) is 20.2 Å². The Hall–Kier alpha value is -2.71. The average molecular weight is 338 g/mol. The zero-order valence-corrected chi connectivity index (χ0v) is 12.5. The first-order chi connectivity index (χ1) is 10.9. The summed E-state index contributed by atoms with van der Waals surface area (Å²) in [5.74, 6) is 0. The second-order valence-corrected chi connectivity index (χ2v) is 5.04. The molecule has 23 heavy (non-hydrogen) atoms. The van der Waals surface area contributed by atoms with E-state index in [1.165, 1.54) is 0 Å². The Morgan fingerprint density at radius 3 is 2.17 bits per heavy atom. The van der Waals surface area contributed by atoms with Crippen LogP contribution in [0.15, 0.2) is 36.4 Å². The number of aliphatic hydroxyl groups is 1. The predicted molar refractivity (Wildman–Crippen MR) is 85.3 cm³/mol. The molecule has 2 N–H and O–H groups in total. The Balaban J connectivity index is 2.36. The maximum atomic E-state index is 11.1. The number of hydrogen-bond donors (Lipinski definition) is 2. The normalized spacial score (nSPS) is 10.3. The Labute approximate surface area is 135 Å². The third-order valence-electron chi connectivity index (χ3n) is 3.09. The molecular weight excluding hydrogens is 326 g/mol. The minimum Gasteiger partial charge on any atom is -0.396 e. The summed E-state index contributed by atoms with van der Waals surface area (Å²) in [6.07, 6.45) is 0.504. The van der Waals surface area contributed by atoms with Crippen molar-refractivity contribution in [2.45, 2.75) is 6.42 Å². The Kier molecular flexibility index (Phi) is 5.09. The van der Waals surface area contributed by atoms with Gasteiger partial charge in [-0.05, 0) is 30.2 Å². The Morgan fingerprint density at radius 1 is 1.04 bits per heavy atom. The van der Waals surface area contributed by atoms with E-state index >= 15 is 0 Å². The van der Waals surface area contributed by atoms with E-state index in [2.05, 4.69) is 5.32 Å². The van der Waals surface area contributed by atoms with Crippen LogP contribution in [-0.4, -0.2) is 21.6 Å². The first-order valence-corrected chi connectivity index (χ1v) is 6.89. The lowest BCUT2D eigenvalue weighted by molar-refractivity contribution is -0.393. The van der Waals surface area contributed by atoms with Crippen molar-refractivity contribution in [3.8, 4) is 0 Å². The fourth-order valence-corrected chi connectivity index (χ4v) is 2.21. The number of nitro groups is 2. The van der Waals surface area contributed by atoms with Crippen LogP contribution in [0.1, 0.15) is 5.56 Å². The van der Waals surface area contributed by atoms with E-state index in [-0.39, 0.29) is 17.3 Å². The second kappa shape index (κ2) is 7.03. The lowest BCUT2D eigenvalue weighted by Gasteiger charge is -2.09. The second-order valence-electron chi connectivity index (χ2n) is 4.63. The molecule has 0 bridgehead atoms. The molecule has 0 saturated heterocycles. The van der Waals surface area contributed by atoms with Crippen LogP contribution in [-0.2, 0) is 6.42 Å². The van der Waals surface area contributed by atoms with Gasteiger partial charge in [-0.25, -0.2) is 0 Å². The van der Waals surface area contributed by atoms with Crippen molar-refractivity contribution in [2.24, 2.45) is 0 Å². The Morgan fingerprint density at radius 2 is 1.65 bits per heavy atom. The van der Waals surface area contributed by atoms with Gasteiger partial charge in [-0.2, -0.15) is 0 Å². The van der Waals surface area contributed by atoms with Gasteiger partial charge >= 0.3 is 0 Å². The van der Waals surface area contributed by atoms with E-state index < -0.39 is 21.2 Å². The molecule has 120 valence electrons. The number of benzene rings is 2. The molecule has 0 saturated carbocycles. The molecule has 9 heteroatoms.